The first-order chi connectivity index (χ1) is 9.90. The first-order valence-electron chi connectivity index (χ1n) is 6.43. The number of hydrogen-bond acceptors (Lipinski definition) is 3. The molecule has 1 aromatic rings. The van der Waals surface area contributed by atoms with Crippen molar-refractivity contribution in [1.29, 1.82) is 0 Å². The van der Waals surface area contributed by atoms with Crippen LogP contribution >= 0.6 is 34.8 Å². The molecule has 4 nitrogen and oxygen atoms in total. The van der Waals surface area contributed by atoms with Gasteiger partial charge in [-0.15, -0.1) is 0 Å². The molecule has 0 saturated carbocycles. The lowest BCUT2D eigenvalue weighted by Crippen LogP contribution is -2.27. The van der Waals surface area contributed by atoms with Gasteiger partial charge in [-0.2, -0.15) is 0 Å². The second-order valence-corrected chi connectivity index (χ2v) is 7.62. The van der Waals surface area contributed by atoms with Crippen molar-refractivity contribution in [1.82, 2.24) is 10.0 Å². The fourth-order valence-electron chi connectivity index (χ4n) is 2.10. The van der Waals surface area contributed by atoms with E-state index in [0.29, 0.717) is 18.0 Å². The Morgan fingerprint density at radius 2 is 1.86 bits per heavy atom. The lowest BCUT2D eigenvalue weighted by molar-refractivity contribution is 0.580. The van der Waals surface area contributed by atoms with Crippen LogP contribution in [0.2, 0.25) is 15.1 Å². The van der Waals surface area contributed by atoms with Crippen LogP contribution in [-0.2, 0) is 10.0 Å². The van der Waals surface area contributed by atoms with Gasteiger partial charge in [-0.3, -0.25) is 0 Å². The van der Waals surface area contributed by atoms with E-state index in [9.17, 15) is 8.42 Å². The maximum absolute atomic E-state index is 12.3. The van der Waals surface area contributed by atoms with E-state index in [2.05, 4.69) is 16.1 Å². The molecule has 0 radical (unpaired) electrons. The van der Waals surface area contributed by atoms with E-state index in [1.807, 2.05) is 0 Å². The zero-order valence-corrected chi connectivity index (χ0v) is 14.2. The highest BCUT2D eigenvalue weighted by atomic mass is 35.5. The molecular weight excluding hydrogens is 355 g/mol. The Balaban J connectivity index is 2.07. The summed E-state index contributed by atoms with van der Waals surface area (Å²) in [7, 11) is -3.75. The van der Waals surface area contributed by atoms with Crippen molar-refractivity contribution < 1.29 is 8.42 Å². The van der Waals surface area contributed by atoms with Gasteiger partial charge in [0.2, 0.25) is 10.0 Å². The summed E-state index contributed by atoms with van der Waals surface area (Å²) in [6, 6.07) is 2.72. The summed E-state index contributed by atoms with van der Waals surface area (Å²) >= 11 is 17.7. The standard InChI is InChI=1S/C13H15Cl3N2O2S/c14-10-7-11(15)13(12(16)8-10)21(19,20)18-6-3-9-1-4-17-5-2-9/h1,7-8,17-18H,2-6H2. The zero-order chi connectivity index (χ0) is 15.5. The summed E-state index contributed by atoms with van der Waals surface area (Å²) in [6.07, 6.45) is 3.69. The van der Waals surface area contributed by atoms with E-state index in [4.69, 9.17) is 34.8 Å². The molecule has 0 spiro atoms. The van der Waals surface area contributed by atoms with Gasteiger partial charge in [-0.25, -0.2) is 13.1 Å². The highest BCUT2D eigenvalue weighted by Gasteiger charge is 2.22. The molecule has 1 aliphatic heterocycles. The lowest BCUT2D eigenvalue weighted by Gasteiger charge is -2.15. The third-order valence-corrected chi connectivity index (χ3v) is 5.73. The smallest absolute Gasteiger partial charge is 0.243 e. The summed E-state index contributed by atoms with van der Waals surface area (Å²) in [5, 5.41) is 3.53. The van der Waals surface area contributed by atoms with Crippen molar-refractivity contribution in [2.45, 2.75) is 17.7 Å². The van der Waals surface area contributed by atoms with Gasteiger partial charge < -0.3 is 5.32 Å². The van der Waals surface area contributed by atoms with Gasteiger partial charge in [0, 0.05) is 18.1 Å². The largest absolute Gasteiger partial charge is 0.313 e. The number of hydrogen-bond donors (Lipinski definition) is 2. The molecule has 0 saturated heterocycles. The van der Waals surface area contributed by atoms with E-state index in [1.165, 1.54) is 17.7 Å². The minimum absolute atomic E-state index is 0.0149. The Morgan fingerprint density at radius 3 is 2.43 bits per heavy atom. The van der Waals surface area contributed by atoms with Crippen molar-refractivity contribution in [2.24, 2.45) is 0 Å². The van der Waals surface area contributed by atoms with E-state index in [-0.39, 0.29) is 14.9 Å². The molecule has 0 aliphatic carbocycles. The third-order valence-electron chi connectivity index (χ3n) is 3.13. The predicted octanol–water partition coefficient (Wildman–Crippen LogP) is 3.23. The third kappa shape index (κ3) is 4.58. The second kappa shape index (κ2) is 7.31. The van der Waals surface area contributed by atoms with Crippen molar-refractivity contribution in [3.05, 3.63) is 38.8 Å². The molecule has 1 heterocycles. The van der Waals surface area contributed by atoms with Crippen LogP contribution in [0, 0.1) is 0 Å². The van der Waals surface area contributed by atoms with E-state index >= 15 is 0 Å². The first-order valence-corrected chi connectivity index (χ1v) is 9.04. The fraction of sp³-hybridized carbons (Fsp3) is 0.385. The lowest BCUT2D eigenvalue weighted by atomic mass is 10.1. The Hall–Kier alpha value is -0.300. The summed E-state index contributed by atoms with van der Waals surface area (Å²) in [5.41, 5.74) is 1.24. The molecule has 0 unspecified atom stereocenters. The maximum atomic E-state index is 12.3. The van der Waals surface area contributed by atoms with Gasteiger partial charge in [-0.05, 0) is 31.5 Å². The van der Waals surface area contributed by atoms with Crippen LogP contribution in [0.25, 0.3) is 0 Å². The molecule has 0 aromatic heterocycles. The zero-order valence-electron chi connectivity index (χ0n) is 11.1. The van der Waals surface area contributed by atoms with Crippen LogP contribution in [0.5, 0.6) is 0 Å². The molecule has 21 heavy (non-hydrogen) atoms. The molecular formula is C13H15Cl3N2O2S. The number of rotatable bonds is 5. The molecule has 1 aliphatic rings. The Bertz CT molecular complexity index is 636. The SMILES string of the molecule is O=S(=O)(NCCC1=CCNCC1)c1c(Cl)cc(Cl)cc1Cl. The summed E-state index contributed by atoms with van der Waals surface area (Å²) in [4.78, 5) is -0.130. The quantitative estimate of drug-likeness (QED) is 0.783. The molecule has 116 valence electrons. The molecule has 0 fully saturated rings. The number of halogens is 3. The minimum Gasteiger partial charge on any atom is -0.313 e. The van der Waals surface area contributed by atoms with Crippen LogP contribution in [-0.4, -0.2) is 28.1 Å². The van der Waals surface area contributed by atoms with Crippen molar-refractivity contribution in [2.75, 3.05) is 19.6 Å². The van der Waals surface area contributed by atoms with Crippen molar-refractivity contribution in [3.63, 3.8) is 0 Å². The molecule has 1 aromatic carbocycles. The van der Waals surface area contributed by atoms with Gasteiger partial charge in [-0.1, -0.05) is 46.5 Å². The minimum atomic E-state index is -3.75. The van der Waals surface area contributed by atoms with Crippen LogP contribution < -0.4 is 10.0 Å². The van der Waals surface area contributed by atoms with Crippen molar-refractivity contribution >= 4 is 44.8 Å². The Kier molecular flexibility index (Phi) is 5.94. The van der Waals surface area contributed by atoms with E-state index in [0.717, 1.165) is 19.5 Å². The molecule has 0 amide bonds. The van der Waals surface area contributed by atoms with E-state index < -0.39 is 10.0 Å². The topological polar surface area (TPSA) is 58.2 Å². The van der Waals surface area contributed by atoms with E-state index in [1.54, 1.807) is 0 Å². The van der Waals surface area contributed by atoms with Crippen LogP contribution in [0.3, 0.4) is 0 Å². The molecule has 2 rings (SSSR count). The van der Waals surface area contributed by atoms with Crippen LogP contribution in [0.1, 0.15) is 12.8 Å². The molecule has 8 heteroatoms. The van der Waals surface area contributed by atoms with Crippen LogP contribution in [0.4, 0.5) is 0 Å². The monoisotopic (exact) mass is 368 g/mol. The summed E-state index contributed by atoms with van der Waals surface area (Å²) in [5.74, 6) is 0. The normalized spacial score (nSPS) is 15.9. The van der Waals surface area contributed by atoms with Gasteiger partial charge in [0.1, 0.15) is 4.90 Å². The molecule has 0 atom stereocenters. The predicted molar refractivity (Wildman–Crippen MR) is 86.8 cm³/mol. The summed E-state index contributed by atoms with van der Waals surface area (Å²) < 4.78 is 27.1. The average molecular weight is 370 g/mol. The highest BCUT2D eigenvalue weighted by Crippen LogP contribution is 2.32. The average Bonchev–Trinajstić information content (AvgIpc) is 2.38. The summed E-state index contributed by atoms with van der Waals surface area (Å²) in [6.45, 7) is 2.06. The van der Waals surface area contributed by atoms with Gasteiger partial charge in [0.15, 0.2) is 0 Å². The second-order valence-electron chi connectivity index (χ2n) is 4.66. The highest BCUT2D eigenvalue weighted by molar-refractivity contribution is 7.89. The number of benzene rings is 1. The van der Waals surface area contributed by atoms with Crippen LogP contribution in [0.15, 0.2) is 28.7 Å². The fourth-order valence-corrected chi connectivity index (χ4v) is 4.67. The van der Waals surface area contributed by atoms with Gasteiger partial charge in [0.25, 0.3) is 0 Å². The van der Waals surface area contributed by atoms with Gasteiger partial charge >= 0.3 is 0 Å². The Labute approximate surface area is 139 Å². The number of nitrogens with one attached hydrogen (secondary N) is 2. The van der Waals surface area contributed by atoms with Gasteiger partial charge in [0.05, 0.1) is 10.0 Å². The Morgan fingerprint density at radius 1 is 1.19 bits per heavy atom. The first kappa shape index (κ1) is 17.1. The molecule has 2 N–H and O–H groups in total. The van der Waals surface area contributed by atoms with Crippen molar-refractivity contribution in [3.8, 4) is 0 Å². The molecule has 0 bridgehead atoms. The maximum Gasteiger partial charge on any atom is 0.243 e. The number of sulfonamides is 1.